The fourth-order valence-electron chi connectivity index (χ4n) is 7.10. The van der Waals surface area contributed by atoms with E-state index in [0.717, 1.165) is 18.5 Å². The molecule has 2 amide bonds. The van der Waals surface area contributed by atoms with E-state index >= 15 is 0 Å². The van der Waals surface area contributed by atoms with Crippen LogP contribution in [0.5, 0.6) is 5.75 Å². The van der Waals surface area contributed by atoms with Crippen molar-refractivity contribution in [3.05, 3.63) is 29.8 Å². The van der Waals surface area contributed by atoms with E-state index in [-0.39, 0.29) is 106 Å². The number of hydrogen-bond donors (Lipinski definition) is 7. The van der Waals surface area contributed by atoms with Crippen LogP contribution >= 0.6 is 0 Å². The predicted octanol–water partition coefficient (Wildman–Crippen LogP) is 0.126. The monoisotopic (exact) mass is 906 g/mol. The molecular weight excluding hydrogens is 837 g/mol. The third kappa shape index (κ3) is 25.8. The Bertz CT molecular complexity index is 1600. The van der Waals surface area contributed by atoms with E-state index in [1.54, 1.807) is 4.90 Å². The number of carboxylic acids is 3. The Hall–Kier alpha value is -5.15. The zero-order valence-electron chi connectivity index (χ0n) is 38.0. The minimum Gasteiger partial charge on any atom is -0.494 e. The molecule has 0 radical (unpaired) electrons. The standard InChI is InChI=1S/C28H43N3O6.C16H27N3O8/c1-19(2)16-23-22(26(34)18-32)6-4-15-37-21-9-7-20(8-10-21)17-24(31-28(23)36)25(33)11-12-27(35)30-14-5-13-29-3;1-12(20)7-17(3-5-18(8-13(2)21)9-14(22)23)4-6-19(10-15(24)25)11-16(26)27/h7-10,19,22-24,29,32H,4-6,11-18H2,1-3H3,(H,30,35)(H,31,36);3-11H2,1-2H3,(H,22,23)(H,24,25)(H,26,27)/t22-,23+,24?;/m0./s1. The number of carboxylic acid groups (broad SMARTS) is 3. The number of ketones is 4. The number of ether oxygens (including phenoxy) is 1. The van der Waals surface area contributed by atoms with Crippen molar-refractivity contribution in [1.82, 2.24) is 30.7 Å². The molecule has 0 aromatic heterocycles. The predicted molar refractivity (Wildman–Crippen MR) is 235 cm³/mol. The zero-order chi connectivity index (χ0) is 48.2. The van der Waals surface area contributed by atoms with Gasteiger partial charge < -0.3 is 41.1 Å². The molecule has 3 rings (SSSR count). The van der Waals surface area contributed by atoms with Crippen molar-refractivity contribution >= 4 is 52.9 Å². The van der Waals surface area contributed by atoms with Gasteiger partial charge in [0.15, 0.2) is 11.6 Å². The van der Waals surface area contributed by atoms with Crippen molar-refractivity contribution in [2.24, 2.45) is 17.8 Å². The maximum absolute atomic E-state index is 13.5. The lowest BCUT2D eigenvalue weighted by atomic mass is 9.79. The highest BCUT2D eigenvalue weighted by atomic mass is 16.5. The summed E-state index contributed by atoms with van der Waals surface area (Å²) in [5.41, 5.74) is 0.850. The lowest BCUT2D eigenvalue weighted by molar-refractivity contribution is -0.142. The Labute approximate surface area is 375 Å². The minimum atomic E-state index is -1.16. The molecule has 0 saturated carbocycles. The fraction of sp³-hybridized carbons (Fsp3) is 0.659. The number of benzene rings is 1. The van der Waals surface area contributed by atoms with Gasteiger partial charge in [0.25, 0.3) is 0 Å². The van der Waals surface area contributed by atoms with Crippen LogP contribution < -0.4 is 20.7 Å². The van der Waals surface area contributed by atoms with E-state index in [2.05, 4.69) is 16.0 Å². The second-order valence-corrected chi connectivity index (χ2v) is 16.4. The van der Waals surface area contributed by atoms with E-state index in [4.69, 9.17) is 20.1 Å². The largest absolute Gasteiger partial charge is 0.494 e. The van der Waals surface area contributed by atoms with Crippen molar-refractivity contribution in [1.29, 1.82) is 0 Å². The average molecular weight is 907 g/mol. The molecule has 7 N–H and O–H groups in total. The van der Waals surface area contributed by atoms with E-state index in [1.165, 1.54) is 23.6 Å². The lowest BCUT2D eigenvalue weighted by Gasteiger charge is -2.29. The number of Topliss-reactive ketones (excluding diaryl/α,β-unsaturated/α-hetero) is 4. The first kappa shape index (κ1) is 56.9. The third-order valence-electron chi connectivity index (χ3n) is 10.1. The van der Waals surface area contributed by atoms with Gasteiger partial charge in [0.1, 0.15) is 23.9 Å². The van der Waals surface area contributed by atoms with Crippen molar-refractivity contribution < 1.29 is 68.3 Å². The number of aliphatic hydroxyl groups is 1. The number of hydrogen-bond acceptors (Lipinski definition) is 15. The summed E-state index contributed by atoms with van der Waals surface area (Å²) in [6.07, 6.45) is 2.49. The summed E-state index contributed by atoms with van der Waals surface area (Å²) >= 11 is 0. The van der Waals surface area contributed by atoms with Crippen LogP contribution in [-0.2, 0) is 49.6 Å². The van der Waals surface area contributed by atoms with Crippen LogP contribution in [0.3, 0.4) is 0 Å². The summed E-state index contributed by atoms with van der Waals surface area (Å²) in [5.74, 6) is -5.46. The fourth-order valence-corrected chi connectivity index (χ4v) is 7.10. The number of fused-ring (bicyclic) bond motifs is 11. The number of carbonyl (C=O) groups is 9. The summed E-state index contributed by atoms with van der Waals surface area (Å²) in [6, 6.07) is 6.54. The molecule has 2 aliphatic heterocycles. The van der Waals surface area contributed by atoms with Gasteiger partial charge in [0.05, 0.1) is 45.4 Å². The smallest absolute Gasteiger partial charge is 0.317 e. The van der Waals surface area contributed by atoms with Gasteiger partial charge in [-0.1, -0.05) is 26.0 Å². The topological polar surface area (TPSA) is 290 Å². The first-order valence-electron chi connectivity index (χ1n) is 21.6. The molecule has 3 atom stereocenters. The van der Waals surface area contributed by atoms with Crippen LogP contribution in [0, 0.1) is 17.8 Å². The molecule has 0 saturated heterocycles. The van der Waals surface area contributed by atoms with Crippen LogP contribution in [0.15, 0.2) is 24.3 Å². The third-order valence-corrected chi connectivity index (χ3v) is 10.1. The van der Waals surface area contributed by atoms with Gasteiger partial charge in [-0.3, -0.25) is 57.9 Å². The molecule has 1 aromatic rings. The number of nitrogens with zero attached hydrogens (tertiary/aromatic N) is 3. The van der Waals surface area contributed by atoms with Crippen LogP contribution in [0.4, 0.5) is 0 Å². The maximum Gasteiger partial charge on any atom is 0.317 e. The maximum atomic E-state index is 13.5. The summed E-state index contributed by atoms with van der Waals surface area (Å²) in [6.45, 7) is 7.35. The number of carbonyl (C=O) groups excluding carboxylic acids is 6. The molecule has 1 aromatic carbocycles. The Morgan fingerprint density at radius 2 is 1.30 bits per heavy atom. The molecule has 20 nitrogen and oxygen atoms in total. The molecule has 64 heavy (non-hydrogen) atoms. The Morgan fingerprint density at radius 3 is 1.80 bits per heavy atom. The van der Waals surface area contributed by atoms with Gasteiger partial charge in [-0.05, 0) is 83.2 Å². The molecule has 0 fully saturated rings. The van der Waals surface area contributed by atoms with Crippen molar-refractivity contribution in [2.45, 2.75) is 78.7 Å². The molecule has 1 unspecified atom stereocenters. The highest BCUT2D eigenvalue weighted by molar-refractivity contribution is 5.94. The summed E-state index contributed by atoms with van der Waals surface area (Å²) in [7, 11) is 1.84. The molecule has 2 heterocycles. The van der Waals surface area contributed by atoms with Crippen molar-refractivity contribution in [2.75, 3.05) is 92.3 Å². The van der Waals surface area contributed by atoms with E-state index in [1.807, 2.05) is 45.2 Å². The molecule has 2 aliphatic rings. The zero-order valence-corrected chi connectivity index (χ0v) is 38.0. The van der Waals surface area contributed by atoms with Crippen LogP contribution in [0.1, 0.15) is 71.8 Å². The van der Waals surface area contributed by atoms with Crippen LogP contribution in [0.2, 0.25) is 0 Å². The van der Waals surface area contributed by atoms with E-state index < -0.39 is 55.5 Å². The number of amides is 2. The van der Waals surface area contributed by atoms with Gasteiger partial charge in [-0.2, -0.15) is 0 Å². The molecule has 2 bridgehead atoms. The van der Waals surface area contributed by atoms with Crippen LogP contribution in [0.25, 0.3) is 0 Å². The first-order chi connectivity index (χ1) is 30.2. The van der Waals surface area contributed by atoms with Gasteiger partial charge in [0.2, 0.25) is 11.8 Å². The Kier molecular flexibility index (Phi) is 28.1. The summed E-state index contributed by atoms with van der Waals surface area (Å²) in [4.78, 5) is 111. The summed E-state index contributed by atoms with van der Waals surface area (Å²) < 4.78 is 5.81. The highest BCUT2D eigenvalue weighted by Gasteiger charge is 2.35. The SMILES string of the molecule is CC(=O)CN(CCN(CC(C)=O)CC(=O)O)CCN(CC(=O)O)CC(=O)O.CNCCCNC(=O)CCC(=O)C1Cc2ccc(cc2)OCCC[C@H](C(=O)CO)[C@@H](CC(C)C)C(=O)N1. The molecule has 0 aliphatic carbocycles. The van der Waals surface area contributed by atoms with Gasteiger partial charge >= 0.3 is 17.9 Å². The molecule has 0 spiro atoms. The molecular formula is C44H70N6O14. The van der Waals surface area contributed by atoms with Crippen LogP contribution in [-0.4, -0.2) is 186 Å². The normalized spacial score (nSPS) is 16.6. The number of aliphatic carboxylic acids is 3. The second-order valence-electron chi connectivity index (χ2n) is 16.4. The van der Waals surface area contributed by atoms with E-state index in [9.17, 15) is 48.3 Å². The molecule has 360 valence electrons. The van der Waals surface area contributed by atoms with Crippen molar-refractivity contribution in [3.63, 3.8) is 0 Å². The lowest BCUT2D eigenvalue weighted by Crippen LogP contribution is -2.48. The molecule has 20 heteroatoms. The van der Waals surface area contributed by atoms with E-state index in [0.29, 0.717) is 38.2 Å². The number of rotatable bonds is 28. The Balaban J connectivity index is 0.000000675. The quantitative estimate of drug-likeness (QED) is 0.0550. The van der Waals surface area contributed by atoms with Crippen molar-refractivity contribution in [3.8, 4) is 5.75 Å². The highest BCUT2D eigenvalue weighted by Crippen LogP contribution is 2.27. The number of nitrogens with one attached hydrogen (secondary N) is 3. The van der Waals surface area contributed by atoms with Gasteiger partial charge in [-0.15, -0.1) is 0 Å². The second kappa shape index (κ2) is 31.7. The number of aliphatic hydroxyl groups excluding tert-OH is 1. The first-order valence-corrected chi connectivity index (χ1v) is 21.6. The summed E-state index contributed by atoms with van der Waals surface area (Å²) in [5, 5.41) is 45.0. The van der Waals surface area contributed by atoms with Gasteiger partial charge in [0, 0.05) is 57.4 Å². The average Bonchev–Trinajstić information content (AvgIpc) is 3.20. The minimum absolute atomic E-state index is 0.00213. The van der Waals surface area contributed by atoms with Gasteiger partial charge in [-0.25, -0.2) is 0 Å². The Morgan fingerprint density at radius 1 is 0.766 bits per heavy atom.